The second kappa shape index (κ2) is 11.9. The summed E-state index contributed by atoms with van der Waals surface area (Å²) in [6.07, 6.45) is 5.30. The largest absolute Gasteiger partial charge is 0.508 e. The molecule has 3 aromatic rings. The Bertz CT molecular complexity index is 1490. The SMILES string of the molecule is CC(C)(C)c1cc(NC(=O)Nc2ccc(OCCN3CCN(CC4CC4)C(=O)C3)c3c2CCC3)n(-c2ccc(O)cc2)n1. The number of urea groups is 1. The van der Waals surface area contributed by atoms with E-state index in [4.69, 9.17) is 9.84 Å². The molecule has 43 heavy (non-hydrogen) atoms. The number of amides is 3. The maximum absolute atomic E-state index is 13.3. The third-order valence-corrected chi connectivity index (χ3v) is 8.54. The molecule has 2 aromatic carbocycles. The Morgan fingerprint density at radius 3 is 2.53 bits per heavy atom. The van der Waals surface area contributed by atoms with Crippen molar-refractivity contribution in [1.29, 1.82) is 0 Å². The van der Waals surface area contributed by atoms with E-state index >= 15 is 0 Å². The molecule has 3 N–H and O–H groups in total. The zero-order valence-electron chi connectivity index (χ0n) is 25.4. The number of carbonyl (C=O) groups is 2. The molecule has 6 rings (SSSR count). The van der Waals surface area contributed by atoms with E-state index in [0.717, 1.165) is 78.8 Å². The van der Waals surface area contributed by atoms with Crippen molar-refractivity contribution in [2.75, 3.05) is 50.0 Å². The number of carbonyl (C=O) groups excluding carboxylic acids is 2. The predicted molar refractivity (Wildman–Crippen MR) is 166 cm³/mol. The summed E-state index contributed by atoms with van der Waals surface area (Å²) < 4.78 is 7.91. The summed E-state index contributed by atoms with van der Waals surface area (Å²) >= 11 is 0. The van der Waals surface area contributed by atoms with Gasteiger partial charge in [-0.2, -0.15) is 5.10 Å². The molecule has 1 saturated carbocycles. The van der Waals surface area contributed by atoms with Gasteiger partial charge in [0.25, 0.3) is 0 Å². The number of ether oxygens (including phenoxy) is 1. The number of hydrogen-bond donors (Lipinski definition) is 3. The van der Waals surface area contributed by atoms with E-state index in [1.165, 1.54) is 12.8 Å². The predicted octanol–water partition coefficient (Wildman–Crippen LogP) is 4.94. The zero-order valence-corrected chi connectivity index (χ0v) is 25.4. The van der Waals surface area contributed by atoms with Gasteiger partial charge in [-0.3, -0.25) is 15.0 Å². The van der Waals surface area contributed by atoms with Crippen LogP contribution < -0.4 is 15.4 Å². The average Bonchev–Trinajstić information content (AvgIpc) is 3.45. The van der Waals surface area contributed by atoms with Crippen LogP contribution in [0, 0.1) is 5.92 Å². The maximum atomic E-state index is 13.3. The van der Waals surface area contributed by atoms with Crippen LogP contribution in [0.2, 0.25) is 0 Å². The van der Waals surface area contributed by atoms with Crippen molar-refractivity contribution < 1.29 is 19.4 Å². The molecule has 1 saturated heterocycles. The molecular weight excluding hydrogens is 544 g/mol. The first-order chi connectivity index (χ1) is 20.6. The summed E-state index contributed by atoms with van der Waals surface area (Å²) in [6.45, 7) is 10.5. The molecule has 3 aliphatic rings. The molecule has 0 radical (unpaired) electrons. The summed E-state index contributed by atoms with van der Waals surface area (Å²) in [6, 6.07) is 12.1. The lowest BCUT2D eigenvalue weighted by molar-refractivity contribution is -0.136. The van der Waals surface area contributed by atoms with Crippen molar-refractivity contribution >= 4 is 23.4 Å². The summed E-state index contributed by atoms with van der Waals surface area (Å²) in [5.41, 5.74) is 4.39. The van der Waals surface area contributed by atoms with E-state index in [1.54, 1.807) is 28.9 Å². The first-order valence-electron chi connectivity index (χ1n) is 15.4. The van der Waals surface area contributed by atoms with Crippen LogP contribution in [0.3, 0.4) is 0 Å². The number of benzene rings is 2. The van der Waals surface area contributed by atoms with E-state index in [1.807, 2.05) is 23.1 Å². The number of fused-ring (bicyclic) bond motifs is 1. The minimum Gasteiger partial charge on any atom is -0.508 e. The van der Waals surface area contributed by atoms with E-state index in [-0.39, 0.29) is 23.1 Å². The van der Waals surface area contributed by atoms with Gasteiger partial charge in [0.1, 0.15) is 23.9 Å². The number of piperazine rings is 1. The van der Waals surface area contributed by atoms with Gasteiger partial charge in [0, 0.05) is 43.3 Å². The molecule has 2 fully saturated rings. The Balaban J connectivity index is 1.09. The third kappa shape index (κ3) is 6.80. The molecule has 1 aliphatic heterocycles. The summed E-state index contributed by atoms with van der Waals surface area (Å²) in [7, 11) is 0. The van der Waals surface area contributed by atoms with E-state index in [9.17, 15) is 14.7 Å². The number of rotatable bonds is 9. The summed E-state index contributed by atoms with van der Waals surface area (Å²) in [5, 5.41) is 20.5. The van der Waals surface area contributed by atoms with E-state index in [0.29, 0.717) is 25.5 Å². The Hall–Kier alpha value is -4.05. The van der Waals surface area contributed by atoms with Crippen LogP contribution in [0.1, 0.15) is 56.9 Å². The highest BCUT2D eigenvalue weighted by atomic mass is 16.5. The Morgan fingerprint density at radius 2 is 1.81 bits per heavy atom. The first-order valence-corrected chi connectivity index (χ1v) is 15.4. The number of nitrogens with zero attached hydrogens (tertiary/aromatic N) is 4. The Morgan fingerprint density at radius 1 is 1.05 bits per heavy atom. The number of nitrogens with one attached hydrogen (secondary N) is 2. The zero-order chi connectivity index (χ0) is 30.1. The highest BCUT2D eigenvalue weighted by molar-refractivity contribution is 6.00. The van der Waals surface area contributed by atoms with Crippen LogP contribution >= 0.6 is 0 Å². The topological polar surface area (TPSA) is 112 Å². The van der Waals surface area contributed by atoms with Gasteiger partial charge in [-0.1, -0.05) is 20.8 Å². The van der Waals surface area contributed by atoms with Crippen LogP contribution in [-0.2, 0) is 23.1 Å². The van der Waals surface area contributed by atoms with Gasteiger partial charge in [0.15, 0.2) is 0 Å². The number of hydrogen-bond acceptors (Lipinski definition) is 6. The number of phenolic OH excluding ortho intramolecular Hbond substituents is 1. The molecule has 2 aliphatic carbocycles. The Labute approximate surface area is 253 Å². The second-order valence-electron chi connectivity index (χ2n) is 13.0. The fraction of sp³-hybridized carbons (Fsp3) is 0.485. The lowest BCUT2D eigenvalue weighted by Crippen LogP contribution is -2.51. The van der Waals surface area contributed by atoms with Crippen LogP contribution in [0.5, 0.6) is 11.5 Å². The normalized spacial score (nSPS) is 17.2. The number of aromatic hydroxyl groups is 1. The van der Waals surface area contributed by atoms with Crippen LogP contribution in [0.4, 0.5) is 16.3 Å². The Kier molecular flexibility index (Phi) is 8.05. The van der Waals surface area contributed by atoms with Crippen molar-refractivity contribution in [1.82, 2.24) is 19.6 Å². The van der Waals surface area contributed by atoms with Crippen molar-refractivity contribution in [3.8, 4) is 17.2 Å². The first kappa shape index (κ1) is 29.0. The fourth-order valence-electron chi connectivity index (χ4n) is 5.86. The van der Waals surface area contributed by atoms with E-state index < -0.39 is 0 Å². The molecule has 10 heteroatoms. The van der Waals surface area contributed by atoms with Gasteiger partial charge >= 0.3 is 6.03 Å². The van der Waals surface area contributed by atoms with Crippen LogP contribution in [0.25, 0.3) is 5.69 Å². The van der Waals surface area contributed by atoms with E-state index in [2.05, 4.69) is 36.3 Å². The molecule has 2 heterocycles. The molecule has 1 aromatic heterocycles. The molecule has 0 bridgehead atoms. The van der Waals surface area contributed by atoms with Gasteiger partial charge < -0.3 is 20.1 Å². The highest BCUT2D eigenvalue weighted by Crippen LogP contribution is 2.36. The fourth-order valence-corrected chi connectivity index (χ4v) is 5.86. The summed E-state index contributed by atoms with van der Waals surface area (Å²) in [4.78, 5) is 30.0. The summed E-state index contributed by atoms with van der Waals surface area (Å²) in [5.74, 6) is 2.51. The van der Waals surface area contributed by atoms with Gasteiger partial charge in [-0.25, -0.2) is 9.48 Å². The molecule has 3 amide bonds. The quantitative estimate of drug-likeness (QED) is 0.328. The molecule has 10 nitrogen and oxygen atoms in total. The number of phenols is 1. The molecule has 0 unspecified atom stereocenters. The maximum Gasteiger partial charge on any atom is 0.324 e. The van der Waals surface area contributed by atoms with Crippen molar-refractivity contribution in [2.24, 2.45) is 5.92 Å². The van der Waals surface area contributed by atoms with Gasteiger partial charge in [0.2, 0.25) is 5.91 Å². The standard InChI is InChI=1S/C33H42N6O4/c1-33(2,3)29-19-30(39(36-29)23-9-11-24(40)12-10-23)35-32(42)34-27-13-14-28(26-6-4-5-25(26)27)43-18-17-37-15-16-38(31(41)21-37)20-22-7-8-22/h9-14,19,22,40H,4-8,15-18,20-21H2,1-3H3,(H2,34,35,42). The highest BCUT2D eigenvalue weighted by Gasteiger charge is 2.30. The van der Waals surface area contributed by atoms with Crippen molar-refractivity contribution in [2.45, 2.75) is 58.3 Å². The van der Waals surface area contributed by atoms with Crippen molar-refractivity contribution in [3.05, 3.63) is 59.3 Å². The van der Waals surface area contributed by atoms with Gasteiger partial charge in [-0.15, -0.1) is 0 Å². The monoisotopic (exact) mass is 586 g/mol. The van der Waals surface area contributed by atoms with Crippen LogP contribution in [-0.4, -0.2) is 76.0 Å². The minimum absolute atomic E-state index is 0.164. The smallest absolute Gasteiger partial charge is 0.324 e. The molecule has 0 atom stereocenters. The second-order valence-corrected chi connectivity index (χ2v) is 13.0. The molecule has 228 valence electrons. The number of anilines is 2. The van der Waals surface area contributed by atoms with Gasteiger partial charge in [-0.05, 0) is 85.5 Å². The minimum atomic E-state index is -0.353. The van der Waals surface area contributed by atoms with Crippen LogP contribution in [0.15, 0.2) is 42.5 Å². The third-order valence-electron chi connectivity index (χ3n) is 8.54. The lowest BCUT2D eigenvalue weighted by atomic mass is 9.92. The average molecular weight is 587 g/mol. The molecular formula is C33H42N6O4. The number of aromatic nitrogens is 2. The van der Waals surface area contributed by atoms with Crippen molar-refractivity contribution in [3.63, 3.8) is 0 Å². The van der Waals surface area contributed by atoms with Gasteiger partial charge in [0.05, 0.1) is 17.9 Å². The molecule has 0 spiro atoms. The lowest BCUT2D eigenvalue weighted by Gasteiger charge is -2.34.